The number of hydrogen-bond acceptors (Lipinski definition) is 0. The summed E-state index contributed by atoms with van der Waals surface area (Å²) in [6.45, 7) is 0. The third kappa shape index (κ3) is 6.71. The summed E-state index contributed by atoms with van der Waals surface area (Å²) in [5.41, 5.74) is 18.4. The zero-order valence-electron chi connectivity index (χ0n) is 30.6. The van der Waals surface area contributed by atoms with Gasteiger partial charge in [-0.15, -0.1) is 0 Å². The minimum atomic E-state index is -0.156. The fourth-order valence-corrected chi connectivity index (χ4v) is 8.29. The Balaban J connectivity index is 1.45. The van der Waals surface area contributed by atoms with Crippen molar-refractivity contribution in [3.63, 3.8) is 0 Å². The third-order valence-electron chi connectivity index (χ3n) is 10.7. The predicted molar refractivity (Wildman–Crippen MR) is 233 cm³/mol. The van der Waals surface area contributed by atoms with Crippen molar-refractivity contribution in [3.05, 3.63) is 253 Å². The molecule has 9 aromatic carbocycles. The van der Waals surface area contributed by atoms with Crippen LogP contribution in [-0.2, 0) is 0 Å². The lowest BCUT2D eigenvalue weighted by molar-refractivity contribution is 0.985. The summed E-state index contributed by atoms with van der Waals surface area (Å²) in [4.78, 5) is 0. The number of benzene rings is 9. The highest BCUT2D eigenvalue weighted by Crippen LogP contribution is 2.50. The van der Waals surface area contributed by atoms with Crippen LogP contribution in [0.4, 0.5) is 0 Å². The van der Waals surface area contributed by atoms with Crippen LogP contribution >= 0.6 is 0 Å². The van der Waals surface area contributed by atoms with E-state index in [0.717, 1.165) is 0 Å². The molecule has 0 saturated carbocycles. The molecule has 0 bridgehead atoms. The van der Waals surface area contributed by atoms with E-state index in [2.05, 4.69) is 237 Å². The summed E-state index contributed by atoms with van der Waals surface area (Å²) in [7, 11) is 0. The largest absolute Gasteiger partial charge is 0.0622 e. The molecule has 0 spiro atoms. The Labute approximate surface area is 324 Å². The molecule has 260 valence electrons. The summed E-state index contributed by atoms with van der Waals surface area (Å²) in [6.07, 6.45) is 0. The van der Waals surface area contributed by atoms with Crippen LogP contribution in [0.5, 0.6) is 0 Å². The molecule has 0 saturated heterocycles. The van der Waals surface area contributed by atoms with E-state index in [1.807, 2.05) is 0 Å². The van der Waals surface area contributed by atoms with Crippen LogP contribution in [0, 0.1) is 0 Å². The zero-order valence-corrected chi connectivity index (χ0v) is 30.6. The first-order valence-electron chi connectivity index (χ1n) is 19.1. The third-order valence-corrected chi connectivity index (χ3v) is 10.7. The Kier molecular flexibility index (Phi) is 9.54. The van der Waals surface area contributed by atoms with Crippen molar-refractivity contribution in [1.82, 2.24) is 0 Å². The molecule has 0 fully saturated rings. The summed E-state index contributed by atoms with van der Waals surface area (Å²) in [6, 6.07) is 86.1. The maximum Gasteiger partial charge on any atom is 0.0359 e. The van der Waals surface area contributed by atoms with E-state index in [1.54, 1.807) is 0 Å². The molecule has 0 heteroatoms. The van der Waals surface area contributed by atoms with E-state index in [0.29, 0.717) is 0 Å². The molecule has 0 radical (unpaired) electrons. The van der Waals surface area contributed by atoms with Gasteiger partial charge in [0.2, 0.25) is 0 Å². The maximum absolute atomic E-state index is 2.37. The first-order valence-corrected chi connectivity index (χ1v) is 19.1. The van der Waals surface area contributed by atoms with Crippen LogP contribution in [0.15, 0.2) is 237 Å². The van der Waals surface area contributed by atoms with Gasteiger partial charge in [-0.2, -0.15) is 0 Å². The van der Waals surface area contributed by atoms with Gasteiger partial charge in [-0.05, 0) is 83.5 Å². The van der Waals surface area contributed by atoms with Gasteiger partial charge < -0.3 is 0 Å². The fraction of sp³-hybridized carbons (Fsp3) is 0.0182. The van der Waals surface area contributed by atoms with Gasteiger partial charge in [0.1, 0.15) is 0 Å². The monoisotopic (exact) mass is 700 g/mol. The molecule has 0 aliphatic rings. The van der Waals surface area contributed by atoms with E-state index in [-0.39, 0.29) is 5.92 Å². The van der Waals surface area contributed by atoms with Crippen LogP contribution < -0.4 is 0 Å². The molecular formula is C55H40. The lowest BCUT2D eigenvalue weighted by Crippen LogP contribution is -2.10. The first-order chi connectivity index (χ1) is 27.3. The zero-order chi connectivity index (χ0) is 36.8. The standard InChI is InChI=1S/C55H40/c1-7-22-40(23-8-1)46-34-19-37-49(52(46)43-28-13-4-14-29-43)55(50-38-20-35-47(41-24-9-2-10-25-41)53(50)44-30-15-5-16-31-44)51-39-21-36-48(42-26-11-3-12-27-42)54(51)45-32-17-6-18-33-45/h1-39,55H. The highest BCUT2D eigenvalue weighted by molar-refractivity contribution is 5.93. The van der Waals surface area contributed by atoms with Crippen LogP contribution in [0.1, 0.15) is 22.6 Å². The average Bonchev–Trinajstić information content (AvgIpc) is 3.28. The fourth-order valence-electron chi connectivity index (χ4n) is 8.29. The summed E-state index contributed by atoms with van der Waals surface area (Å²) < 4.78 is 0. The number of hydrogen-bond donors (Lipinski definition) is 0. The minimum Gasteiger partial charge on any atom is -0.0622 e. The minimum absolute atomic E-state index is 0.156. The Morgan fingerprint density at radius 3 is 0.636 bits per heavy atom. The topological polar surface area (TPSA) is 0 Å². The van der Waals surface area contributed by atoms with Crippen molar-refractivity contribution in [1.29, 1.82) is 0 Å². The maximum atomic E-state index is 2.37. The quantitative estimate of drug-likeness (QED) is 0.132. The highest BCUT2D eigenvalue weighted by Gasteiger charge is 2.30. The van der Waals surface area contributed by atoms with Crippen LogP contribution in [0.3, 0.4) is 0 Å². The molecule has 0 amide bonds. The van der Waals surface area contributed by atoms with Crippen molar-refractivity contribution < 1.29 is 0 Å². The van der Waals surface area contributed by atoms with Crippen molar-refractivity contribution in [3.8, 4) is 66.8 Å². The first kappa shape index (κ1) is 33.8. The van der Waals surface area contributed by atoms with Crippen molar-refractivity contribution in [2.24, 2.45) is 0 Å². The predicted octanol–water partition coefficient (Wildman–Crippen LogP) is 14.9. The summed E-state index contributed by atoms with van der Waals surface area (Å²) in [5, 5.41) is 0. The molecule has 0 aromatic heterocycles. The summed E-state index contributed by atoms with van der Waals surface area (Å²) >= 11 is 0. The van der Waals surface area contributed by atoms with E-state index in [4.69, 9.17) is 0 Å². The SMILES string of the molecule is c1ccc(-c2cccc(C(c3cccc(-c4ccccc4)c3-c3ccccc3)c3cccc(-c4ccccc4)c3-c3ccccc3)c2-c2ccccc2)cc1. The van der Waals surface area contributed by atoms with Crippen LogP contribution in [0.2, 0.25) is 0 Å². The van der Waals surface area contributed by atoms with E-state index >= 15 is 0 Å². The van der Waals surface area contributed by atoms with Gasteiger partial charge in [0, 0.05) is 5.92 Å². The van der Waals surface area contributed by atoms with Gasteiger partial charge in [0.25, 0.3) is 0 Å². The van der Waals surface area contributed by atoms with Gasteiger partial charge in [-0.25, -0.2) is 0 Å². The van der Waals surface area contributed by atoms with E-state index in [9.17, 15) is 0 Å². The van der Waals surface area contributed by atoms with E-state index < -0.39 is 0 Å². The van der Waals surface area contributed by atoms with Crippen molar-refractivity contribution >= 4 is 0 Å². The highest BCUT2D eigenvalue weighted by atomic mass is 14.3. The second-order valence-corrected chi connectivity index (χ2v) is 13.9. The molecule has 0 nitrogen and oxygen atoms in total. The van der Waals surface area contributed by atoms with E-state index in [1.165, 1.54) is 83.5 Å². The Morgan fingerprint density at radius 2 is 0.400 bits per heavy atom. The van der Waals surface area contributed by atoms with Gasteiger partial charge in [0.05, 0.1) is 0 Å². The second-order valence-electron chi connectivity index (χ2n) is 13.9. The van der Waals surface area contributed by atoms with Crippen molar-refractivity contribution in [2.75, 3.05) is 0 Å². The molecular weight excluding hydrogens is 661 g/mol. The van der Waals surface area contributed by atoms with Gasteiger partial charge in [0.15, 0.2) is 0 Å². The lowest BCUT2D eigenvalue weighted by Gasteiger charge is -2.30. The second kappa shape index (κ2) is 15.5. The normalized spacial score (nSPS) is 11.1. The molecule has 0 aliphatic carbocycles. The smallest absolute Gasteiger partial charge is 0.0359 e. The van der Waals surface area contributed by atoms with Gasteiger partial charge in [-0.3, -0.25) is 0 Å². The number of rotatable bonds is 9. The van der Waals surface area contributed by atoms with Gasteiger partial charge in [-0.1, -0.05) is 237 Å². The average molecular weight is 701 g/mol. The molecule has 0 aliphatic heterocycles. The van der Waals surface area contributed by atoms with Crippen LogP contribution in [0.25, 0.3) is 66.8 Å². The molecule has 55 heavy (non-hydrogen) atoms. The summed E-state index contributed by atoms with van der Waals surface area (Å²) in [5.74, 6) is -0.156. The molecule has 9 rings (SSSR count). The Morgan fingerprint density at radius 1 is 0.182 bits per heavy atom. The molecule has 0 N–H and O–H groups in total. The Bertz CT molecular complexity index is 2350. The Hall–Kier alpha value is -7.02. The van der Waals surface area contributed by atoms with Crippen molar-refractivity contribution in [2.45, 2.75) is 5.92 Å². The van der Waals surface area contributed by atoms with Gasteiger partial charge >= 0.3 is 0 Å². The van der Waals surface area contributed by atoms with Crippen LogP contribution in [-0.4, -0.2) is 0 Å². The molecule has 0 heterocycles. The lowest BCUT2D eigenvalue weighted by atomic mass is 9.73. The molecule has 0 unspecified atom stereocenters. The molecule has 9 aromatic rings. The molecule has 0 atom stereocenters.